The fourth-order valence-corrected chi connectivity index (χ4v) is 4.37. The molecule has 2 aliphatic heterocycles. The third-order valence-corrected chi connectivity index (χ3v) is 6.44. The molecule has 2 aromatic heterocycles. The van der Waals surface area contributed by atoms with E-state index in [4.69, 9.17) is 0 Å². The lowest BCUT2D eigenvalue weighted by Crippen LogP contribution is -2.45. The minimum atomic E-state index is -0.996. The predicted molar refractivity (Wildman–Crippen MR) is 115 cm³/mol. The first-order valence-electron chi connectivity index (χ1n) is 9.96. The number of aryl methyl sites for hydroxylation is 1. The molecule has 0 spiro atoms. The highest BCUT2D eigenvalue weighted by Gasteiger charge is 2.23. The quantitative estimate of drug-likeness (QED) is 0.723. The summed E-state index contributed by atoms with van der Waals surface area (Å²) < 4.78 is 0. The summed E-state index contributed by atoms with van der Waals surface area (Å²) in [6.45, 7) is 6.58. The molecule has 11 heteroatoms. The van der Waals surface area contributed by atoms with E-state index in [0.29, 0.717) is 42.7 Å². The van der Waals surface area contributed by atoms with Crippen molar-refractivity contribution < 1.29 is 14.7 Å². The van der Waals surface area contributed by atoms with Gasteiger partial charge in [0.15, 0.2) is 5.13 Å². The number of piperidine rings is 1. The fourth-order valence-electron chi connectivity index (χ4n) is 3.57. The van der Waals surface area contributed by atoms with Crippen LogP contribution in [0.25, 0.3) is 0 Å². The maximum Gasteiger partial charge on any atom is 0.347 e. The van der Waals surface area contributed by atoms with E-state index in [-0.39, 0.29) is 10.7 Å². The Hall–Kier alpha value is -2.79. The van der Waals surface area contributed by atoms with Crippen LogP contribution in [0.4, 0.5) is 22.7 Å². The molecule has 4 heterocycles. The zero-order valence-corrected chi connectivity index (χ0v) is 17.9. The lowest BCUT2D eigenvalue weighted by Gasteiger charge is -2.34. The van der Waals surface area contributed by atoms with Gasteiger partial charge in [-0.2, -0.15) is 9.97 Å². The summed E-state index contributed by atoms with van der Waals surface area (Å²) in [5.41, 5.74) is 0.458. The molecule has 2 aliphatic rings. The average molecular weight is 432 g/mol. The number of anilines is 4. The summed E-state index contributed by atoms with van der Waals surface area (Å²) in [6, 6.07) is 1.97. The standard InChI is InChI=1S/C19H25N7O3S/c1-12-16(17(28)29)30-19(20-12)23-18-21-14(25-5-3-13(27)4-6-25)11-15(22-18)26-9-7-24(2)8-10-26/h11H,3-10H2,1-2H3,(H,28,29)(H,20,21,22,23). The van der Waals surface area contributed by atoms with Gasteiger partial charge in [0.05, 0.1) is 5.69 Å². The Morgan fingerprint density at radius 3 is 2.20 bits per heavy atom. The van der Waals surface area contributed by atoms with Crippen molar-refractivity contribution in [3.05, 3.63) is 16.6 Å². The Labute approximate surface area is 178 Å². The van der Waals surface area contributed by atoms with E-state index in [1.165, 1.54) is 0 Å². The highest BCUT2D eigenvalue weighted by Crippen LogP contribution is 2.28. The van der Waals surface area contributed by atoms with E-state index in [0.717, 1.165) is 49.2 Å². The average Bonchev–Trinajstić information content (AvgIpc) is 3.09. The molecule has 0 saturated carbocycles. The highest BCUT2D eigenvalue weighted by molar-refractivity contribution is 7.17. The second-order valence-electron chi connectivity index (χ2n) is 7.59. The minimum Gasteiger partial charge on any atom is -0.477 e. The molecule has 4 rings (SSSR count). The van der Waals surface area contributed by atoms with Gasteiger partial charge >= 0.3 is 5.97 Å². The van der Waals surface area contributed by atoms with E-state index in [1.54, 1.807) is 6.92 Å². The first kappa shape index (κ1) is 20.5. The number of Topliss-reactive ketones (excluding diaryl/α,β-unsaturated/α-hetero) is 1. The Balaban J connectivity index is 1.63. The van der Waals surface area contributed by atoms with E-state index in [1.807, 2.05) is 6.07 Å². The van der Waals surface area contributed by atoms with Crippen LogP contribution in [0.1, 0.15) is 28.2 Å². The Kier molecular flexibility index (Phi) is 5.82. The van der Waals surface area contributed by atoms with Crippen LogP contribution in [-0.2, 0) is 4.79 Å². The topological polar surface area (TPSA) is 115 Å². The summed E-state index contributed by atoms with van der Waals surface area (Å²) in [7, 11) is 2.10. The third-order valence-electron chi connectivity index (χ3n) is 5.38. The van der Waals surface area contributed by atoms with Crippen LogP contribution in [0.3, 0.4) is 0 Å². The number of nitrogens with one attached hydrogen (secondary N) is 1. The number of aromatic carboxylic acids is 1. The molecule has 0 unspecified atom stereocenters. The van der Waals surface area contributed by atoms with Crippen LogP contribution in [-0.4, -0.2) is 83.0 Å². The number of carbonyl (C=O) groups is 2. The zero-order chi connectivity index (χ0) is 21.3. The van der Waals surface area contributed by atoms with Gasteiger partial charge in [-0.1, -0.05) is 11.3 Å². The van der Waals surface area contributed by atoms with Gasteiger partial charge < -0.3 is 19.8 Å². The molecule has 2 N–H and O–H groups in total. The second kappa shape index (κ2) is 8.52. The SMILES string of the molecule is Cc1nc(Nc2nc(N3CCC(=O)CC3)cc(N3CCN(C)CC3)n2)sc1C(=O)O. The number of likely N-dealkylation sites (N-methyl/N-ethyl adjacent to an activating group) is 1. The van der Waals surface area contributed by atoms with Gasteiger partial charge in [-0.15, -0.1) is 0 Å². The van der Waals surface area contributed by atoms with Gasteiger partial charge in [-0.05, 0) is 14.0 Å². The maximum absolute atomic E-state index is 11.6. The molecule has 10 nitrogen and oxygen atoms in total. The summed E-state index contributed by atoms with van der Waals surface area (Å²) in [5, 5.41) is 12.8. The molecule has 30 heavy (non-hydrogen) atoms. The molecule has 0 atom stereocenters. The molecule has 0 amide bonds. The minimum absolute atomic E-state index is 0.197. The van der Waals surface area contributed by atoms with Crippen molar-refractivity contribution >= 4 is 45.8 Å². The van der Waals surface area contributed by atoms with E-state index >= 15 is 0 Å². The number of thiazole rings is 1. The van der Waals surface area contributed by atoms with Crippen molar-refractivity contribution in [3.8, 4) is 0 Å². The molecule has 0 bridgehead atoms. The van der Waals surface area contributed by atoms with Crippen LogP contribution in [0.2, 0.25) is 0 Å². The third kappa shape index (κ3) is 4.51. The number of nitrogens with zero attached hydrogens (tertiary/aromatic N) is 6. The van der Waals surface area contributed by atoms with Crippen molar-refractivity contribution in [2.24, 2.45) is 0 Å². The molecule has 0 aromatic carbocycles. The van der Waals surface area contributed by atoms with Crippen molar-refractivity contribution in [2.75, 3.05) is 61.4 Å². The number of hydrogen-bond acceptors (Lipinski definition) is 10. The fraction of sp³-hybridized carbons (Fsp3) is 0.526. The van der Waals surface area contributed by atoms with Crippen molar-refractivity contribution in [1.82, 2.24) is 19.9 Å². The Morgan fingerprint density at radius 2 is 1.63 bits per heavy atom. The molecule has 2 aromatic rings. The largest absolute Gasteiger partial charge is 0.477 e. The number of rotatable bonds is 5. The van der Waals surface area contributed by atoms with Gasteiger partial charge in [0.1, 0.15) is 22.3 Å². The molecule has 0 aliphatic carbocycles. The smallest absolute Gasteiger partial charge is 0.347 e. The van der Waals surface area contributed by atoms with Crippen LogP contribution in [0, 0.1) is 6.92 Å². The van der Waals surface area contributed by atoms with Crippen molar-refractivity contribution in [3.63, 3.8) is 0 Å². The number of carboxylic acids is 1. The van der Waals surface area contributed by atoms with E-state index < -0.39 is 5.97 Å². The number of ketones is 1. The normalized spacial score (nSPS) is 18.0. The summed E-state index contributed by atoms with van der Waals surface area (Å²) >= 11 is 1.07. The first-order valence-corrected chi connectivity index (χ1v) is 10.8. The van der Waals surface area contributed by atoms with Crippen LogP contribution < -0.4 is 15.1 Å². The Morgan fingerprint density at radius 1 is 1.03 bits per heavy atom. The van der Waals surface area contributed by atoms with Gasteiger partial charge in [0.25, 0.3) is 0 Å². The van der Waals surface area contributed by atoms with Gasteiger partial charge in [0, 0.05) is 58.2 Å². The lowest BCUT2D eigenvalue weighted by molar-refractivity contribution is -0.119. The summed E-state index contributed by atoms with van der Waals surface area (Å²) in [4.78, 5) is 43.4. The summed E-state index contributed by atoms with van der Waals surface area (Å²) in [6.07, 6.45) is 1.04. The lowest BCUT2D eigenvalue weighted by atomic mass is 10.1. The van der Waals surface area contributed by atoms with E-state index in [9.17, 15) is 14.7 Å². The maximum atomic E-state index is 11.6. The Bertz CT molecular complexity index is 946. The van der Waals surface area contributed by atoms with Crippen LogP contribution >= 0.6 is 11.3 Å². The molecule has 2 fully saturated rings. The second-order valence-corrected chi connectivity index (χ2v) is 8.59. The van der Waals surface area contributed by atoms with Gasteiger partial charge in [-0.25, -0.2) is 9.78 Å². The predicted octanol–water partition coefficient (Wildman–Crippen LogP) is 1.60. The molecule has 2 saturated heterocycles. The number of carboxylic acid groups (broad SMARTS) is 1. The summed E-state index contributed by atoms with van der Waals surface area (Å²) in [5.74, 6) is 1.24. The number of hydrogen-bond donors (Lipinski definition) is 2. The van der Waals surface area contributed by atoms with Crippen LogP contribution in [0.15, 0.2) is 6.07 Å². The zero-order valence-electron chi connectivity index (χ0n) is 17.1. The van der Waals surface area contributed by atoms with E-state index in [2.05, 4.69) is 42.0 Å². The highest BCUT2D eigenvalue weighted by atomic mass is 32.1. The van der Waals surface area contributed by atoms with Crippen molar-refractivity contribution in [2.45, 2.75) is 19.8 Å². The molecular formula is C19H25N7O3S. The monoisotopic (exact) mass is 431 g/mol. The number of carbonyl (C=O) groups excluding carboxylic acids is 1. The van der Waals surface area contributed by atoms with Crippen LogP contribution in [0.5, 0.6) is 0 Å². The van der Waals surface area contributed by atoms with Crippen molar-refractivity contribution in [1.29, 1.82) is 0 Å². The first-order chi connectivity index (χ1) is 14.4. The molecule has 160 valence electrons. The number of piperazine rings is 1. The number of aromatic nitrogens is 3. The molecule has 0 radical (unpaired) electrons. The van der Waals surface area contributed by atoms with Gasteiger partial charge in [-0.3, -0.25) is 10.1 Å². The molecular weight excluding hydrogens is 406 g/mol. The van der Waals surface area contributed by atoms with Gasteiger partial charge in [0.2, 0.25) is 5.95 Å².